The van der Waals surface area contributed by atoms with E-state index in [1.54, 1.807) is 42.6 Å². The van der Waals surface area contributed by atoms with Gasteiger partial charge in [0.15, 0.2) is 0 Å². The van der Waals surface area contributed by atoms with Gasteiger partial charge in [-0.15, -0.1) is 0 Å². The van der Waals surface area contributed by atoms with Gasteiger partial charge < -0.3 is 20.4 Å². The number of carbonyl (C=O) groups is 4. The first-order valence-corrected chi connectivity index (χ1v) is 11.9. The third kappa shape index (κ3) is 7.27. The SMILES string of the molecule is CSCCC(NC(=O)c1cccc(C)c1)C(=O)N1CCN(C(=O)C(=O)NC(C)C)CC1. The van der Waals surface area contributed by atoms with Crippen LogP contribution in [0.25, 0.3) is 0 Å². The monoisotopic (exact) mass is 448 g/mol. The quantitative estimate of drug-likeness (QED) is 0.608. The van der Waals surface area contributed by atoms with E-state index >= 15 is 0 Å². The predicted molar refractivity (Wildman–Crippen MR) is 122 cm³/mol. The normalized spacial score (nSPS) is 14.9. The molecule has 1 aliphatic heterocycles. The summed E-state index contributed by atoms with van der Waals surface area (Å²) >= 11 is 1.61. The first-order chi connectivity index (χ1) is 14.7. The van der Waals surface area contributed by atoms with E-state index in [2.05, 4.69) is 10.6 Å². The number of hydrogen-bond donors (Lipinski definition) is 2. The molecule has 0 aromatic heterocycles. The van der Waals surface area contributed by atoms with Crippen molar-refractivity contribution < 1.29 is 19.2 Å². The molecule has 0 saturated carbocycles. The number of benzene rings is 1. The highest BCUT2D eigenvalue weighted by molar-refractivity contribution is 7.98. The van der Waals surface area contributed by atoms with Gasteiger partial charge >= 0.3 is 11.8 Å². The molecule has 1 aliphatic rings. The van der Waals surface area contributed by atoms with Crippen molar-refractivity contribution >= 4 is 35.4 Å². The van der Waals surface area contributed by atoms with Gasteiger partial charge in [-0.1, -0.05) is 17.7 Å². The summed E-state index contributed by atoms with van der Waals surface area (Å²) in [4.78, 5) is 53.1. The fourth-order valence-corrected chi connectivity index (χ4v) is 3.81. The lowest BCUT2D eigenvalue weighted by Gasteiger charge is -2.36. The zero-order valence-electron chi connectivity index (χ0n) is 18.6. The number of nitrogens with zero attached hydrogens (tertiary/aromatic N) is 2. The van der Waals surface area contributed by atoms with Crippen LogP contribution in [0.2, 0.25) is 0 Å². The van der Waals surface area contributed by atoms with Crippen molar-refractivity contribution in [3.63, 3.8) is 0 Å². The zero-order chi connectivity index (χ0) is 23.0. The van der Waals surface area contributed by atoms with E-state index < -0.39 is 17.9 Å². The molecular formula is C22H32N4O4S. The Morgan fingerprint density at radius 2 is 1.68 bits per heavy atom. The van der Waals surface area contributed by atoms with Gasteiger partial charge in [0.25, 0.3) is 5.91 Å². The van der Waals surface area contributed by atoms with Crippen LogP contribution in [0.5, 0.6) is 0 Å². The molecule has 0 bridgehead atoms. The molecule has 9 heteroatoms. The molecule has 0 spiro atoms. The second-order valence-corrected chi connectivity index (χ2v) is 8.91. The Bertz CT molecular complexity index is 806. The summed E-state index contributed by atoms with van der Waals surface area (Å²) in [5.41, 5.74) is 1.50. The minimum Gasteiger partial charge on any atom is -0.346 e. The number of hydrogen-bond acceptors (Lipinski definition) is 5. The van der Waals surface area contributed by atoms with Gasteiger partial charge in [0.1, 0.15) is 6.04 Å². The van der Waals surface area contributed by atoms with Crippen molar-refractivity contribution in [3.05, 3.63) is 35.4 Å². The average molecular weight is 449 g/mol. The molecule has 1 unspecified atom stereocenters. The largest absolute Gasteiger partial charge is 0.346 e. The van der Waals surface area contributed by atoms with Crippen molar-refractivity contribution in [1.29, 1.82) is 0 Å². The number of amides is 4. The molecule has 2 N–H and O–H groups in total. The molecule has 170 valence electrons. The van der Waals surface area contributed by atoms with Gasteiger partial charge in [-0.05, 0) is 51.3 Å². The first-order valence-electron chi connectivity index (χ1n) is 10.5. The summed E-state index contributed by atoms with van der Waals surface area (Å²) in [7, 11) is 0. The molecule has 8 nitrogen and oxygen atoms in total. The molecule has 0 radical (unpaired) electrons. The number of aryl methyl sites for hydroxylation is 1. The van der Waals surface area contributed by atoms with Crippen LogP contribution in [-0.2, 0) is 14.4 Å². The number of piperazine rings is 1. The summed E-state index contributed by atoms with van der Waals surface area (Å²) in [5, 5.41) is 5.47. The maximum Gasteiger partial charge on any atom is 0.312 e. The summed E-state index contributed by atoms with van der Waals surface area (Å²) in [6, 6.07) is 6.49. The van der Waals surface area contributed by atoms with Crippen molar-refractivity contribution in [2.75, 3.05) is 38.2 Å². The molecular weight excluding hydrogens is 416 g/mol. The molecule has 1 atom stereocenters. The Hall–Kier alpha value is -2.55. The Morgan fingerprint density at radius 3 is 2.26 bits per heavy atom. The second-order valence-electron chi connectivity index (χ2n) is 7.92. The average Bonchev–Trinajstić information content (AvgIpc) is 2.75. The summed E-state index contributed by atoms with van der Waals surface area (Å²) < 4.78 is 0. The lowest BCUT2D eigenvalue weighted by Crippen LogP contribution is -2.57. The van der Waals surface area contributed by atoms with Gasteiger partial charge in [-0.2, -0.15) is 11.8 Å². The molecule has 1 saturated heterocycles. The molecule has 2 rings (SSSR count). The second kappa shape index (κ2) is 11.7. The van der Waals surface area contributed by atoms with Crippen LogP contribution in [0.1, 0.15) is 36.2 Å². The van der Waals surface area contributed by atoms with Gasteiger partial charge in [0, 0.05) is 37.8 Å². The lowest BCUT2D eigenvalue weighted by molar-refractivity contribution is -0.148. The Balaban J connectivity index is 1.98. The van der Waals surface area contributed by atoms with Crippen molar-refractivity contribution in [1.82, 2.24) is 20.4 Å². The maximum atomic E-state index is 13.1. The van der Waals surface area contributed by atoms with Crippen LogP contribution in [-0.4, -0.2) is 83.7 Å². The van der Waals surface area contributed by atoms with Gasteiger partial charge in [-0.25, -0.2) is 0 Å². The maximum absolute atomic E-state index is 13.1. The van der Waals surface area contributed by atoms with Crippen molar-refractivity contribution in [3.8, 4) is 0 Å². The molecule has 31 heavy (non-hydrogen) atoms. The molecule has 1 heterocycles. The number of thioether (sulfide) groups is 1. The minimum atomic E-state index is -0.632. The Kier molecular flexibility index (Phi) is 9.36. The van der Waals surface area contributed by atoms with Gasteiger partial charge in [-0.3, -0.25) is 19.2 Å². The highest BCUT2D eigenvalue weighted by Crippen LogP contribution is 2.11. The number of nitrogens with one attached hydrogen (secondary N) is 2. The van der Waals surface area contributed by atoms with E-state index in [4.69, 9.17) is 0 Å². The third-order valence-electron chi connectivity index (χ3n) is 4.99. The minimum absolute atomic E-state index is 0.117. The van der Waals surface area contributed by atoms with E-state index in [1.165, 1.54) is 4.90 Å². The number of rotatable bonds is 7. The van der Waals surface area contributed by atoms with E-state index in [0.29, 0.717) is 25.1 Å². The van der Waals surface area contributed by atoms with Crippen LogP contribution < -0.4 is 10.6 Å². The lowest BCUT2D eigenvalue weighted by atomic mass is 10.1. The molecule has 1 aromatic rings. The van der Waals surface area contributed by atoms with E-state index in [0.717, 1.165) is 11.3 Å². The van der Waals surface area contributed by atoms with Gasteiger partial charge in [0.05, 0.1) is 0 Å². The summed E-state index contributed by atoms with van der Waals surface area (Å²) in [5.74, 6) is -0.903. The first kappa shape index (κ1) is 24.7. The highest BCUT2D eigenvalue weighted by atomic mass is 32.2. The van der Waals surface area contributed by atoms with Crippen molar-refractivity contribution in [2.45, 2.75) is 39.3 Å². The predicted octanol–water partition coefficient (Wildman–Crippen LogP) is 1.04. The Labute approximate surface area is 188 Å². The molecule has 1 fully saturated rings. The van der Waals surface area contributed by atoms with Crippen LogP contribution in [0.4, 0.5) is 0 Å². The summed E-state index contributed by atoms with van der Waals surface area (Å²) in [6.45, 7) is 6.73. The van der Waals surface area contributed by atoms with Crippen molar-refractivity contribution in [2.24, 2.45) is 0 Å². The topological polar surface area (TPSA) is 98.8 Å². The van der Waals surface area contributed by atoms with Crippen LogP contribution in [0.3, 0.4) is 0 Å². The smallest absolute Gasteiger partial charge is 0.312 e. The molecule has 1 aromatic carbocycles. The Morgan fingerprint density at radius 1 is 1.03 bits per heavy atom. The fourth-order valence-electron chi connectivity index (χ4n) is 3.34. The highest BCUT2D eigenvalue weighted by Gasteiger charge is 2.31. The number of carbonyl (C=O) groups excluding carboxylic acids is 4. The van der Waals surface area contributed by atoms with Crippen LogP contribution in [0.15, 0.2) is 24.3 Å². The zero-order valence-corrected chi connectivity index (χ0v) is 19.5. The third-order valence-corrected chi connectivity index (χ3v) is 5.63. The van der Waals surface area contributed by atoms with Gasteiger partial charge in [0.2, 0.25) is 5.91 Å². The van der Waals surface area contributed by atoms with E-state index in [1.807, 2.05) is 25.3 Å². The fraction of sp³-hybridized carbons (Fsp3) is 0.545. The molecule has 4 amide bonds. The van der Waals surface area contributed by atoms with Crippen LogP contribution in [0, 0.1) is 6.92 Å². The molecule has 0 aliphatic carbocycles. The van der Waals surface area contributed by atoms with Crippen LogP contribution >= 0.6 is 11.8 Å². The summed E-state index contributed by atoms with van der Waals surface area (Å²) in [6.07, 6.45) is 2.48. The standard InChI is InChI=1S/C22H32N4O4S/c1-15(2)23-20(28)22(30)26-11-9-25(10-12-26)21(29)18(8-13-31-4)24-19(27)17-7-5-6-16(3)14-17/h5-7,14-15,18H,8-13H2,1-4H3,(H,23,28)(H,24,27). The van der Waals surface area contributed by atoms with E-state index in [-0.39, 0.29) is 30.9 Å². The van der Waals surface area contributed by atoms with E-state index in [9.17, 15) is 19.2 Å².